The summed E-state index contributed by atoms with van der Waals surface area (Å²) in [6, 6.07) is 13.4. The molecule has 0 aliphatic carbocycles. The Morgan fingerprint density at radius 2 is 1.74 bits per heavy atom. The van der Waals surface area contributed by atoms with Crippen LogP contribution in [0.25, 0.3) is 0 Å². The fourth-order valence-corrected chi connectivity index (χ4v) is 5.00. The van der Waals surface area contributed by atoms with E-state index in [0.29, 0.717) is 17.7 Å². The molecule has 2 aromatic carbocycles. The van der Waals surface area contributed by atoms with Gasteiger partial charge in [0.05, 0.1) is 18.5 Å². The molecule has 0 fully saturated rings. The normalized spacial score (nSPS) is 15.8. The summed E-state index contributed by atoms with van der Waals surface area (Å²) < 4.78 is 28.8. The van der Waals surface area contributed by atoms with Gasteiger partial charge in [0.1, 0.15) is 5.75 Å². The van der Waals surface area contributed by atoms with E-state index in [0.717, 1.165) is 43.8 Å². The van der Waals surface area contributed by atoms with Gasteiger partial charge in [-0.05, 0) is 73.6 Å². The fraction of sp³-hybridized carbons (Fsp3) is 0.435. The van der Waals surface area contributed by atoms with Crippen LogP contribution in [0.5, 0.6) is 5.75 Å². The van der Waals surface area contributed by atoms with Crippen LogP contribution in [0.2, 0.25) is 0 Å². The Kier molecular flexibility index (Phi) is 7.48. The van der Waals surface area contributed by atoms with E-state index in [1.807, 2.05) is 18.2 Å². The SMILES string of the molecule is COc1ccccc1CCN(C)CCCCC(=O)c1ccc2c(c1)N(C)S(O)(O)N2C. The average Bonchev–Trinajstić information content (AvgIpc) is 2.95. The van der Waals surface area contributed by atoms with Crippen molar-refractivity contribution in [1.29, 1.82) is 0 Å². The van der Waals surface area contributed by atoms with E-state index in [-0.39, 0.29) is 5.78 Å². The number of unbranched alkanes of at least 4 members (excludes halogenated alkanes) is 1. The van der Waals surface area contributed by atoms with Crippen molar-refractivity contribution in [2.24, 2.45) is 0 Å². The molecule has 0 aromatic heterocycles. The highest BCUT2D eigenvalue weighted by Gasteiger charge is 2.36. The average molecular weight is 448 g/mol. The van der Waals surface area contributed by atoms with Crippen LogP contribution < -0.4 is 13.3 Å². The maximum Gasteiger partial charge on any atom is 0.162 e. The number of methoxy groups -OCH3 is 1. The standard InChI is InChI=1S/C23H33N3O4S/c1-24(16-14-18-9-5-6-11-23(18)30-4)15-8-7-10-22(27)19-12-13-20-21(17-19)26(3)31(28,29)25(20)2/h5-6,9,11-13,17,28-29H,7-8,10,14-16H2,1-4H3. The minimum Gasteiger partial charge on any atom is -0.496 e. The third kappa shape index (κ3) is 5.15. The van der Waals surface area contributed by atoms with Crippen LogP contribution in [0.15, 0.2) is 42.5 Å². The molecular weight excluding hydrogens is 414 g/mol. The Bertz CT molecular complexity index is 921. The quantitative estimate of drug-likeness (QED) is 0.404. The van der Waals surface area contributed by atoms with Crippen molar-refractivity contribution in [2.45, 2.75) is 25.7 Å². The molecule has 0 unspecified atom stereocenters. The number of para-hydroxylation sites is 1. The number of fused-ring (bicyclic) bond motifs is 1. The van der Waals surface area contributed by atoms with Crippen LogP contribution in [0, 0.1) is 0 Å². The minimum atomic E-state index is -3.02. The highest BCUT2D eigenvalue weighted by Crippen LogP contribution is 2.59. The summed E-state index contributed by atoms with van der Waals surface area (Å²) in [5.41, 5.74) is 3.21. The van der Waals surface area contributed by atoms with Crippen LogP contribution in [-0.2, 0) is 6.42 Å². The van der Waals surface area contributed by atoms with Crippen LogP contribution in [0.1, 0.15) is 35.2 Å². The van der Waals surface area contributed by atoms with E-state index < -0.39 is 11.0 Å². The molecule has 170 valence electrons. The smallest absolute Gasteiger partial charge is 0.162 e. The van der Waals surface area contributed by atoms with E-state index in [4.69, 9.17) is 4.74 Å². The number of benzene rings is 2. The molecule has 0 radical (unpaired) electrons. The molecule has 2 aromatic rings. The largest absolute Gasteiger partial charge is 0.496 e. The molecule has 1 aliphatic heterocycles. The monoisotopic (exact) mass is 447 g/mol. The van der Waals surface area contributed by atoms with Crippen molar-refractivity contribution in [2.75, 3.05) is 50.0 Å². The molecule has 0 saturated heterocycles. The Hall–Kier alpha value is -2.26. The maximum atomic E-state index is 12.6. The molecule has 0 spiro atoms. The molecule has 3 rings (SSSR count). The summed E-state index contributed by atoms with van der Waals surface area (Å²) in [7, 11) is 4.05. The molecule has 0 saturated carbocycles. The van der Waals surface area contributed by atoms with Crippen molar-refractivity contribution >= 4 is 28.1 Å². The first kappa shape index (κ1) is 23.4. The van der Waals surface area contributed by atoms with Crippen molar-refractivity contribution in [3.63, 3.8) is 0 Å². The lowest BCUT2D eigenvalue weighted by molar-refractivity contribution is 0.0978. The summed E-state index contributed by atoms with van der Waals surface area (Å²) in [5, 5.41) is 0. The second kappa shape index (κ2) is 9.91. The van der Waals surface area contributed by atoms with Gasteiger partial charge in [-0.15, -0.1) is 0 Å². The Balaban J connectivity index is 1.44. The topological polar surface area (TPSA) is 76.5 Å². The molecule has 0 bridgehead atoms. The van der Waals surface area contributed by atoms with Crippen LogP contribution >= 0.6 is 11.0 Å². The third-order valence-electron chi connectivity index (χ3n) is 5.86. The molecule has 31 heavy (non-hydrogen) atoms. The third-order valence-corrected chi connectivity index (χ3v) is 7.72. The first-order valence-electron chi connectivity index (χ1n) is 10.5. The van der Waals surface area contributed by atoms with Gasteiger partial charge < -0.3 is 9.64 Å². The van der Waals surface area contributed by atoms with Crippen molar-refractivity contribution in [1.82, 2.24) is 4.90 Å². The second-order valence-electron chi connectivity index (χ2n) is 7.93. The number of carbonyl (C=O) groups is 1. The predicted molar refractivity (Wildman–Crippen MR) is 128 cm³/mol. The van der Waals surface area contributed by atoms with E-state index in [1.165, 1.54) is 14.2 Å². The van der Waals surface area contributed by atoms with Crippen molar-refractivity contribution in [3.8, 4) is 5.75 Å². The van der Waals surface area contributed by atoms with E-state index in [9.17, 15) is 13.9 Å². The first-order chi connectivity index (χ1) is 14.8. The number of anilines is 2. The van der Waals surface area contributed by atoms with Gasteiger partial charge in [0.2, 0.25) is 0 Å². The van der Waals surface area contributed by atoms with Gasteiger partial charge in [0, 0.05) is 32.6 Å². The fourth-order valence-electron chi connectivity index (χ4n) is 3.81. The van der Waals surface area contributed by atoms with Crippen LogP contribution in [0.3, 0.4) is 0 Å². The molecule has 1 heterocycles. The van der Waals surface area contributed by atoms with Gasteiger partial charge in [0.15, 0.2) is 5.78 Å². The molecule has 2 N–H and O–H groups in total. The minimum absolute atomic E-state index is 0.0823. The van der Waals surface area contributed by atoms with Gasteiger partial charge >= 0.3 is 0 Å². The number of Topliss-reactive ketones (excluding diaryl/α,β-unsaturated/α-hetero) is 1. The number of nitrogens with zero attached hydrogens (tertiary/aromatic N) is 3. The Morgan fingerprint density at radius 3 is 2.48 bits per heavy atom. The van der Waals surface area contributed by atoms with E-state index in [1.54, 1.807) is 39.4 Å². The van der Waals surface area contributed by atoms with Gasteiger partial charge in [-0.25, -0.2) is 0 Å². The lowest BCUT2D eigenvalue weighted by Crippen LogP contribution is -2.28. The van der Waals surface area contributed by atoms with Crippen LogP contribution in [-0.4, -0.2) is 61.1 Å². The summed E-state index contributed by atoms with van der Waals surface area (Å²) >= 11 is 0. The molecule has 7 nitrogen and oxygen atoms in total. The number of likely N-dealkylation sites (N-methyl/N-ethyl adjacent to an activating group) is 1. The zero-order valence-electron chi connectivity index (χ0n) is 18.7. The highest BCUT2D eigenvalue weighted by atomic mass is 32.3. The van der Waals surface area contributed by atoms with Gasteiger partial charge in [-0.3, -0.25) is 22.5 Å². The predicted octanol–water partition coefficient (Wildman–Crippen LogP) is 4.69. The lowest BCUT2D eigenvalue weighted by Gasteiger charge is -2.40. The zero-order valence-corrected chi connectivity index (χ0v) is 19.6. The number of hydrogen-bond donors (Lipinski definition) is 2. The van der Waals surface area contributed by atoms with Crippen LogP contribution in [0.4, 0.5) is 11.4 Å². The Morgan fingerprint density at radius 1 is 1.03 bits per heavy atom. The number of hydrogen-bond acceptors (Lipinski definition) is 7. The number of carbonyl (C=O) groups excluding carboxylic acids is 1. The summed E-state index contributed by atoms with van der Waals surface area (Å²) in [5.74, 6) is 1.01. The second-order valence-corrected chi connectivity index (χ2v) is 10.0. The summed E-state index contributed by atoms with van der Waals surface area (Å²) in [6.07, 6.45) is 3.17. The maximum absolute atomic E-state index is 12.6. The molecule has 1 aliphatic rings. The van der Waals surface area contributed by atoms with Gasteiger partial charge in [-0.2, -0.15) is 0 Å². The van der Waals surface area contributed by atoms with E-state index >= 15 is 0 Å². The van der Waals surface area contributed by atoms with E-state index in [2.05, 4.69) is 18.0 Å². The summed E-state index contributed by atoms with van der Waals surface area (Å²) in [6.45, 7) is 1.87. The number of ether oxygens (including phenoxy) is 1. The Labute approximate surface area is 186 Å². The zero-order chi connectivity index (χ0) is 22.6. The molecule has 0 atom stereocenters. The van der Waals surface area contributed by atoms with Gasteiger partial charge in [-0.1, -0.05) is 18.2 Å². The van der Waals surface area contributed by atoms with Crippen molar-refractivity contribution in [3.05, 3.63) is 53.6 Å². The molecule has 0 amide bonds. The number of ketones is 1. The number of rotatable bonds is 10. The van der Waals surface area contributed by atoms with Crippen molar-refractivity contribution < 1.29 is 18.6 Å². The lowest BCUT2D eigenvalue weighted by atomic mass is 10.0. The summed E-state index contributed by atoms with van der Waals surface area (Å²) in [4.78, 5) is 14.9. The molecule has 8 heteroatoms. The first-order valence-corrected chi connectivity index (χ1v) is 12.0. The van der Waals surface area contributed by atoms with Gasteiger partial charge in [0.25, 0.3) is 0 Å². The highest BCUT2D eigenvalue weighted by molar-refractivity contribution is 8.26. The molecular formula is C23H33N3O4S.